The first kappa shape index (κ1) is 10.9. The number of carboxylic acid groups (broad SMARTS) is 1. The number of nitrogens with one attached hydrogen (secondary N) is 2. The van der Waals surface area contributed by atoms with Crippen LogP contribution in [-0.4, -0.2) is 24.2 Å². The third-order valence-electron chi connectivity index (χ3n) is 2.70. The van der Waals surface area contributed by atoms with Crippen molar-refractivity contribution >= 4 is 5.97 Å². The van der Waals surface area contributed by atoms with Gasteiger partial charge in [-0.3, -0.25) is 4.79 Å². The lowest BCUT2D eigenvalue weighted by Gasteiger charge is -2.10. The minimum Gasteiger partial charge on any atom is -0.497 e. The average molecular weight is 222 g/mol. The number of carbonyl (C=O) groups is 1. The maximum atomic E-state index is 10.8. The minimum atomic E-state index is -0.835. The largest absolute Gasteiger partial charge is 0.497 e. The first-order valence-electron chi connectivity index (χ1n) is 5.08. The van der Waals surface area contributed by atoms with Crippen LogP contribution in [0.2, 0.25) is 0 Å². The molecule has 16 heavy (non-hydrogen) atoms. The maximum Gasteiger partial charge on any atom is 0.322 e. The first-order chi connectivity index (χ1) is 7.70. The van der Waals surface area contributed by atoms with E-state index in [1.807, 2.05) is 24.3 Å². The summed E-state index contributed by atoms with van der Waals surface area (Å²) in [4.78, 5) is 10.8. The summed E-state index contributed by atoms with van der Waals surface area (Å²) in [5.41, 5.74) is 6.74. The van der Waals surface area contributed by atoms with Crippen LogP contribution in [0.4, 0.5) is 0 Å². The van der Waals surface area contributed by atoms with E-state index in [-0.39, 0.29) is 6.04 Å². The molecule has 0 saturated carbocycles. The number of rotatable bonds is 3. The Balaban J connectivity index is 2.11. The SMILES string of the molecule is COc1cccc(C2CC(C(=O)O)NN2)c1. The van der Waals surface area contributed by atoms with Crippen molar-refractivity contribution in [3.63, 3.8) is 0 Å². The molecule has 2 rings (SSSR count). The van der Waals surface area contributed by atoms with Crippen molar-refractivity contribution < 1.29 is 14.6 Å². The van der Waals surface area contributed by atoms with Gasteiger partial charge in [-0.15, -0.1) is 0 Å². The average Bonchev–Trinajstić information content (AvgIpc) is 2.78. The number of hydrogen-bond donors (Lipinski definition) is 3. The lowest BCUT2D eigenvalue weighted by atomic mass is 10.0. The van der Waals surface area contributed by atoms with Crippen molar-refractivity contribution in [1.82, 2.24) is 10.9 Å². The van der Waals surface area contributed by atoms with Crippen LogP contribution in [0, 0.1) is 0 Å². The van der Waals surface area contributed by atoms with Gasteiger partial charge in [0.15, 0.2) is 0 Å². The minimum absolute atomic E-state index is 0.0104. The zero-order chi connectivity index (χ0) is 11.5. The van der Waals surface area contributed by atoms with Crippen LogP contribution in [0.25, 0.3) is 0 Å². The Morgan fingerprint density at radius 1 is 1.50 bits per heavy atom. The Kier molecular flexibility index (Phi) is 3.07. The van der Waals surface area contributed by atoms with Crippen LogP contribution in [0.5, 0.6) is 5.75 Å². The molecule has 5 heteroatoms. The van der Waals surface area contributed by atoms with Gasteiger partial charge in [0.2, 0.25) is 0 Å². The van der Waals surface area contributed by atoms with Crippen LogP contribution in [-0.2, 0) is 4.79 Å². The highest BCUT2D eigenvalue weighted by Gasteiger charge is 2.29. The lowest BCUT2D eigenvalue weighted by Crippen LogP contribution is -2.36. The summed E-state index contributed by atoms with van der Waals surface area (Å²) in [6, 6.07) is 7.09. The molecule has 86 valence electrons. The third-order valence-corrected chi connectivity index (χ3v) is 2.70. The molecular formula is C11H14N2O3. The molecule has 2 atom stereocenters. The highest BCUT2D eigenvalue weighted by Crippen LogP contribution is 2.25. The number of ether oxygens (including phenoxy) is 1. The van der Waals surface area contributed by atoms with Crippen molar-refractivity contribution in [1.29, 1.82) is 0 Å². The Morgan fingerprint density at radius 2 is 2.31 bits per heavy atom. The molecule has 0 aliphatic carbocycles. The number of aliphatic carboxylic acids is 1. The normalized spacial score (nSPS) is 24.3. The number of benzene rings is 1. The standard InChI is InChI=1S/C11H14N2O3/c1-16-8-4-2-3-7(5-8)9-6-10(11(14)15)13-12-9/h2-5,9-10,12-13H,6H2,1H3,(H,14,15). The third kappa shape index (κ3) is 2.15. The Labute approximate surface area is 93.4 Å². The Hall–Kier alpha value is -1.59. The molecule has 0 radical (unpaired) electrons. The van der Waals surface area contributed by atoms with Crippen molar-refractivity contribution in [2.24, 2.45) is 0 Å². The second kappa shape index (κ2) is 4.51. The van der Waals surface area contributed by atoms with Gasteiger partial charge in [0.1, 0.15) is 11.8 Å². The van der Waals surface area contributed by atoms with Gasteiger partial charge in [0, 0.05) is 6.04 Å². The molecular weight excluding hydrogens is 208 g/mol. The van der Waals surface area contributed by atoms with Crippen molar-refractivity contribution in [3.05, 3.63) is 29.8 Å². The maximum absolute atomic E-state index is 10.8. The lowest BCUT2D eigenvalue weighted by molar-refractivity contribution is -0.139. The van der Waals surface area contributed by atoms with Crippen molar-refractivity contribution in [2.45, 2.75) is 18.5 Å². The molecule has 1 saturated heterocycles. The fourth-order valence-corrected chi connectivity index (χ4v) is 1.79. The number of hydrogen-bond acceptors (Lipinski definition) is 4. The monoisotopic (exact) mass is 222 g/mol. The fraction of sp³-hybridized carbons (Fsp3) is 0.364. The molecule has 0 spiro atoms. The zero-order valence-corrected chi connectivity index (χ0v) is 8.93. The van der Waals surface area contributed by atoms with Gasteiger partial charge in [-0.25, -0.2) is 10.9 Å². The summed E-state index contributed by atoms with van der Waals surface area (Å²) in [5.74, 6) is -0.0593. The van der Waals surface area contributed by atoms with E-state index in [9.17, 15) is 4.79 Å². The van der Waals surface area contributed by atoms with Gasteiger partial charge in [-0.05, 0) is 24.1 Å². The quantitative estimate of drug-likeness (QED) is 0.701. The molecule has 1 aromatic rings. The molecule has 1 aliphatic heterocycles. The van der Waals surface area contributed by atoms with Gasteiger partial charge in [0.05, 0.1) is 7.11 Å². The van der Waals surface area contributed by atoms with Gasteiger partial charge < -0.3 is 9.84 Å². The molecule has 5 nitrogen and oxygen atoms in total. The fourth-order valence-electron chi connectivity index (χ4n) is 1.79. The molecule has 1 aliphatic rings. The summed E-state index contributed by atoms with van der Waals surface area (Å²) in [6.07, 6.45) is 0.530. The predicted molar refractivity (Wildman–Crippen MR) is 58.0 cm³/mol. The molecule has 0 bridgehead atoms. The molecule has 1 fully saturated rings. The van der Waals surface area contributed by atoms with E-state index in [4.69, 9.17) is 9.84 Å². The van der Waals surface area contributed by atoms with Crippen LogP contribution < -0.4 is 15.6 Å². The van der Waals surface area contributed by atoms with E-state index < -0.39 is 12.0 Å². The second-order valence-electron chi connectivity index (χ2n) is 3.74. The van der Waals surface area contributed by atoms with Crippen molar-refractivity contribution in [3.8, 4) is 5.75 Å². The summed E-state index contributed by atoms with van der Waals surface area (Å²) >= 11 is 0. The van der Waals surface area contributed by atoms with E-state index >= 15 is 0 Å². The van der Waals surface area contributed by atoms with Crippen LogP contribution in [0.3, 0.4) is 0 Å². The van der Waals surface area contributed by atoms with E-state index in [0.717, 1.165) is 11.3 Å². The molecule has 2 unspecified atom stereocenters. The van der Waals surface area contributed by atoms with Crippen LogP contribution in [0.1, 0.15) is 18.0 Å². The molecule has 0 amide bonds. The number of carboxylic acids is 1. The number of hydrazine groups is 1. The summed E-state index contributed by atoms with van der Waals surface area (Å²) in [5, 5.41) is 8.85. The van der Waals surface area contributed by atoms with Gasteiger partial charge in [-0.1, -0.05) is 12.1 Å². The summed E-state index contributed by atoms with van der Waals surface area (Å²) < 4.78 is 5.12. The van der Waals surface area contributed by atoms with E-state index in [1.165, 1.54) is 0 Å². The summed E-state index contributed by atoms with van der Waals surface area (Å²) in [7, 11) is 1.61. The number of methoxy groups -OCH3 is 1. The van der Waals surface area contributed by atoms with Gasteiger partial charge >= 0.3 is 5.97 Å². The summed E-state index contributed by atoms with van der Waals surface area (Å²) in [6.45, 7) is 0. The first-order valence-corrected chi connectivity index (χ1v) is 5.08. The Morgan fingerprint density at radius 3 is 2.94 bits per heavy atom. The van der Waals surface area contributed by atoms with Gasteiger partial charge in [0.25, 0.3) is 0 Å². The van der Waals surface area contributed by atoms with E-state index in [0.29, 0.717) is 6.42 Å². The second-order valence-corrected chi connectivity index (χ2v) is 3.74. The predicted octanol–water partition coefficient (Wildman–Crippen LogP) is 0.687. The molecule has 0 aromatic heterocycles. The zero-order valence-electron chi connectivity index (χ0n) is 8.93. The van der Waals surface area contributed by atoms with E-state index in [2.05, 4.69) is 10.9 Å². The van der Waals surface area contributed by atoms with E-state index in [1.54, 1.807) is 7.11 Å². The highest BCUT2D eigenvalue weighted by molar-refractivity contribution is 5.73. The van der Waals surface area contributed by atoms with Crippen LogP contribution in [0.15, 0.2) is 24.3 Å². The molecule has 3 N–H and O–H groups in total. The Bertz CT molecular complexity index is 395. The van der Waals surface area contributed by atoms with Crippen molar-refractivity contribution in [2.75, 3.05) is 7.11 Å². The molecule has 1 heterocycles. The smallest absolute Gasteiger partial charge is 0.322 e. The molecule has 1 aromatic carbocycles. The topological polar surface area (TPSA) is 70.6 Å². The van der Waals surface area contributed by atoms with Gasteiger partial charge in [-0.2, -0.15) is 0 Å². The van der Waals surface area contributed by atoms with Crippen LogP contribution >= 0.6 is 0 Å². The highest BCUT2D eigenvalue weighted by atomic mass is 16.5.